The average molecular weight is 379 g/mol. The third-order valence-corrected chi connectivity index (χ3v) is 3.86. The van der Waals surface area contributed by atoms with Crippen LogP contribution >= 0.6 is 0 Å². The molecule has 2 aromatic heterocycles. The summed E-state index contributed by atoms with van der Waals surface area (Å²) in [5.41, 5.74) is -0.146. The predicted octanol–water partition coefficient (Wildman–Crippen LogP) is 1.18. The number of nitrogens with zero attached hydrogens (tertiary/aromatic N) is 6. The summed E-state index contributed by atoms with van der Waals surface area (Å²) in [5, 5.41) is 14.7. The van der Waals surface area contributed by atoms with Crippen LogP contribution in [-0.2, 0) is 16.0 Å². The fourth-order valence-corrected chi connectivity index (χ4v) is 2.51. The minimum atomic E-state index is -0.458. The van der Waals surface area contributed by atoms with Crippen LogP contribution in [0.2, 0.25) is 0 Å². The van der Waals surface area contributed by atoms with Gasteiger partial charge in [0.1, 0.15) is 6.33 Å². The summed E-state index contributed by atoms with van der Waals surface area (Å²) in [6, 6.07) is 0. The van der Waals surface area contributed by atoms with Crippen LogP contribution < -0.4 is 10.2 Å². The van der Waals surface area contributed by atoms with Crippen molar-refractivity contribution in [2.45, 2.75) is 13.0 Å². The zero-order chi connectivity index (χ0) is 19.5. The summed E-state index contributed by atoms with van der Waals surface area (Å²) in [6.45, 7) is 3.03. The first-order valence-corrected chi connectivity index (χ1v) is 8.59. The van der Waals surface area contributed by atoms with E-state index in [1.807, 2.05) is 10.8 Å². The number of ether oxygens (including phenoxy) is 2. The second-order valence-corrected chi connectivity index (χ2v) is 5.71. The lowest BCUT2D eigenvalue weighted by atomic mass is 10.3. The number of methoxy groups -OCH3 is 2. The van der Waals surface area contributed by atoms with Crippen molar-refractivity contribution in [1.29, 1.82) is 0 Å². The second-order valence-electron chi connectivity index (χ2n) is 5.71. The first-order valence-electron chi connectivity index (χ1n) is 8.59. The number of rotatable bonds is 13. The Kier molecular flexibility index (Phi) is 8.39. The molecule has 0 aromatic carbocycles. The van der Waals surface area contributed by atoms with Crippen molar-refractivity contribution in [1.82, 2.24) is 19.5 Å². The molecular formula is C16H25N7O4. The van der Waals surface area contributed by atoms with E-state index < -0.39 is 4.92 Å². The highest BCUT2D eigenvalue weighted by Crippen LogP contribution is 2.31. The zero-order valence-electron chi connectivity index (χ0n) is 15.6. The summed E-state index contributed by atoms with van der Waals surface area (Å²) < 4.78 is 12.1. The van der Waals surface area contributed by atoms with Crippen LogP contribution in [-0.4, -0.2) is 71.5 Å². The van der Waals surface area contributed by atoms with E-state index in [1.54, 1.807) is 31.6 Å². The van der Waals surface area contributed by atoms with Crippen LogP contribution in [0.15, 0.2) is 25.0 Å². The van der Waals surface area contributed by atoms with Crippen LogP contribution in [0.1, 0.15) is 6.42 Å². The van der Waals surface area contributed by atoms with Crippen molar-refractivity contribution in [2.75, 3.05) is 57.3 Å². The van der Waals surface area contributed by atoms with Gasteiger partial charge in [0, 0.05) is 52.8 Å². The third-order valence-electron chi connectivity index (χ3n) is 3.86. The molecular weight excluding hydrogens is 354 g/mol. The van der Waals surface area contributed by atoms with Crippen molar-refractivity contribution in [3.05, 3.63) is 35.2 Å². The number of imidazole rings is 1. The van der Waals surface area contributed by atoms with Gasteiger partial charge in [-0.15, -0.1) is 0 Å². The summed E-state index contributed by atoms with van der Waals surface area (Å²) >= 11 is 0. The smallest absolute Gasteiger partial charge is 0.353 e. The molecule has 0 aliphatic heterocycles. The van der Waals surface area contributed by atoms with E-state index in [4.69, 9.17) is 9.47 Å². The molecule has 0 aliphatic rings. The van der Waals surface area contributed by atoms with Gasteiger partial charge in [0.2, 0.25) is 11.6 Å². The topological polar surface area (TPSA) is 120 Å². The highest BCUT2D eigenvalue weighted by atomic mass is 16.6. The maximum atomic E-state index is 11.7. The van der Waals surface area contributed by atoms with Crippen LogP contribution in [0, 0.1) is 10.1 Å². The molecule has 0 atom stereocenters. The zero-order valence-corrected chi connectivity index (χ0v) is 15.6. The fourth-order valence-electron chi connectivity index (χ4n) is 2.51. The monoisotopic (exact) mass is 379 g/mol. The van der Waals surface area contributed by atoms with E-state index in [0.717, 1.165) is 13.0 Å². The highest BCUT2D eigenvalue weighted by Gasteiger charge is 2.26. The molecule has 0 saturated carbocycles. The normalized spacial score (nSPS) is 10.7. The van der Waals surface area contributed by atoms with Crippen molar-refractivity contribution >= 4 is 17.3 Å². The summed E-state index contributed by atoms with van der Waals surface area (Å²) in [5.74, 6) is 0.455. The maximum Gasteiger partial charge on any atom is 0.353 e. The molecule has 2 aromatic rings. The molecule has 0 radical (unpaired) electrons. The Bertz CT molecular complexity index is 688. The van der Waals surface area contributed by atoms with E-state index >= 15 is 0 Å². The van der Waals surface area contributed by atoms with Crippen LogP contribution in [0.25, 0.3) is 0 Å². The highest BCUT2D eigenvalue weighted by molar-refractivity contribution is 5.70. The van der Waals surface area contributed by atoms with Gasteiger partial charge in [0.25, 0.3) is 0 Å². The predicted molar refractivity (Wildman–Crippen MR) is 100.0 cm³/mol. The van der Waals surface area contributed by atoms with Gasteiger partial charge in [-0.05, 0) is 6.42 Å². The molecule has 2 rings (SSSR count). The van der Waals surface area contributed by atoms with Crippen molar-refractivity contribution in [3.8, 4) is 0 Å². The number of anilines is 2. The molecule has 0 amide bonds. The van der Waals surface area contributed by atoms with E-state index in [-0.39, 0.29) is 17.3 Å². The molecule has 27 heavy (non-hydrogen) atoms. The molecule has 0 saturated heterocycles. The van der Waals surface area contributed by atoms with Gasteiger partial charge in [-0.1, -0.05) is 0 Å². The Balaban J connectivity index is 2.11. The second kappa shape index (κ2) is 11.0. The molecule has 2 heterocycles. The molecule has 0 unspecified atom stereocenters. The van der Waals surface area contributed by atoms with Crippen molar-refractivity contribution < 1.29 is 14.4 Å². The largest absolute Gasteiger partial charge is 0.383 e. The molecule has 1 N–H and O–H groups in total. The number of nitro groups is 1. The first-order chi connectivity index (χ1) is 13.2. The summed E-state index contributed by atoms with van der Waals surface area (Å²) in [4.78, 5) is 25.2. The van der Waals surface area contributed by atoms with Gasteiger partial charge in [0.05, 0.1) is 24.5 Å². The quantitative estimate of drug-likeness (QED) is 0.311. The van der Waals surface area contributed by atoms with Gasteiger partial charge in [-0.2, -0.15) is 0 Å². The van der Waals surface area contributed by atoms with Gasteiger partial charge < -0.3 is 24.3 Å². The van der Waals surface area contributed by atoms with Crippen LogP contribution in [0.4, 0.5) is 17.3 Å². The standard InChI is InChI=1S/C16H25N7O4/c1-26-10-8-22(9-11-27-2)16-14(23(24)25)15(19-12-20-16)18-4-3-6-21-7-5-17-13-21/h5,7,12-13H,3-4,6,8-11H2,1-2H3,(H,18,19,20). The third kappa shape index (κ3) is 6.15. The first kappa shape index (κ1) is 20.5. The Hall–Kier alpha value is -2.79. The van der Waals surface area contributed by atoms with E-state index in [1.165, 1.54) is 6.33 Å². The van der Waals surface area contributed by atoms with E-state index in [2.05, 4.69) is 20.3 Å². The average Bonchev–Trinajstić information content (AvgIpc) is 3.18. The maximum absolute atomic E-state index is 11.7. The molecule has 0 bridgehead atoms. The lowest BCUT2D eigenvalue weighted by Crippen LogP contribution is -2.32. The van der Waals surface area contributed by atoms with Crippen LogP contribution in [0.3, 0.4) is 0 Å². The molecule has 148 valence electrons. The number of hydrogen-bond acceptors (Lipinski definition) is 9. The Labute approximate surface area is 157 Å². The van der Waals surface area contributed by atoms with Gasteiger partial charge in [-0.25, -0.2) is 15.0 Å². The fraction of sp³-hybridized carbons (Fsp3) is 0.562. The molecule has 0 fully saturated rings. The minimum Gasteiger partial charge on any atom is -0.383 e. The van der Waals surface area contributed by atoms with E-state index in [0.29, 0.717) is 32.8 Å². The Morgan fingerprint density at radius 2 is 2.00 bits per heavy atom. The SMILES string of the molecule is COCCN(CCOC)c1ncnc(NCCCn2ccnc2)c1[N+](=O)[O-]. The van der Waals surface area contributed by atoms with Crippen molar-refractivity contribution in [3.63, 3.8) is 0 Å². The Morgan fingerprint density at radius 3 is 2.59 bits per heavy atom. The van der Waals surface area contributed by atoms with E-state index in [9.17, 15) is 10.1 Å². The molecule has 0 aliphatic carbocycles. The van der Waals surface area contributed by atoms with Gasteiger partial charge in [-0.3, -0.25) is 10.1 Å². The number of aryl methyl sites for hydroxylation is 1. The minimum absolute atomic E-state index is 0.146. The summed E-state index contributed by atoms with van der Waals surface area (Å²) in [7, 11) is 3.16. The van der Waals surface area contributed by atoms with Gasteiger partial charge in [0.15, 0.2) is 0 Å². The van der Waals surface area contributed by atoms with Crippen LogP contribution in [0.5, 0.6) is 0 Å². The number of aromatic nitrogens is 4. The lowest BCUT2D eigenvalue weighted by Gasteiger charge is -2.23. The van der Waals surface area contributed by atoms with Crippen molar-refractivity contribution in [2.24, 2.45) is 0 Å². The van der Waals surface area contributed by atoms with Gasteiger partial charge >= 0.3 is 5.69 Å². The summed E-state index contributed by atoms with van der Waals surface area (Å²) in [6.07, 6.45) is 7.41. The number of nitrogens with one attached hydrogen (secondary N) is 1. The number of hydrogen-bond donors (Lipinski definition) is 1. The molecule has 11 nitrogen and oxygen atoms in total. The molecule has 0 spiro atoms. The Morgan fingerprint density at radius 1 is 1.26 bits per heavy atom. The molecule has 11 heteroatoms. The lowest BCUT2D eigenvalue weighted by molar-refractivity contribution is -0.383.